The minimum absolute atomic E-state index is 0.0197. The van der Waals surface area contributed by atoms with Crippen LogP contribution < -0.4 is 5.32 Å². The van der Waals surface area contributed by atoms with Gasteiger partial charge in [-0.3, -0.25) is 9.69 Å². The van der Waals surface area contributed by atoms with Crippen molar-refractivity contribution in [2.24, 2.45) is 0 Å². The summed E-state index contributed by atoms with van der Waals surface area (Å²) < 4.78 is 5.48. The summed E-state index contributed by atoms with van der Waals surface area (Å²) in [6.45, 7) is 10.4. The van der Waals surface area contributed by atoms with E-state index in [0.717, 1.165) is 32.7 Å². The minimum Gasteiger partial charge on any atom is -0.369 e. The smallest absolute Gasteiger partial charge is 0.249 e. The van der Waals surface area contributed by atoms with Crippen molar-refractivity contribution in [2.75, 3.05) is 39.8 Å². The van der Waals surface area contributed by atoms with E-state index in [-0.39, 0.29) is 12.0 Å². The average Bonchev–Trinajstić information content (AvgIpc) is 2.60. The summed E-state index contributed by atoms with van der Waals surface area (Å²) in [5.41, 5.74) is 2.49. The number of amides is 1. The molecule has 5 nitrogen and oxygen atoms in total. The number of ether oxygens (including phenoxy) is 1. The van der Waals surface area contributed by atoms with Gasteiger partial charge < -0.3 is 15.0 Å². The number of carbonyl (C=O) groups is 1. The minimum atomic E-state index is -0.347. The van der Waals surface area contributed by atoms with E-state index in [1.54, 1.807) is 0 Å². The van der Waals surface area contributed by atoms with E-state index >= 15 is 0 Å². The lowest BCUT2D eigenvalue weighted by atomic mass is 10.1. The highest BCUT2D eigenvalue weighted by atomic mass is 16.5. The Morgan fingerprint density at radius 1 is 1.17 bits per heavy atom. The van der Waals surface area contributed by atoms with Gasteiger partial charge in [0.05, 0.1) is 0 Å². The van der Waals surface area contributed by atoms with Gasteiger partial charge in [-0.05, 0) is 31.5 Å². The van der Waals surface area contributed by atoms with Crippen molar-refractivity contribution in [3.63, 3.8) is 0 Å². The molecule has 0 aromatic heterocycles. The topological polar surface area (TPSA) is 44.8 Å². The number of hydrogen-bond donors (Lipinski definition) is 1. The first-order valence-corrected chi connectivity index (χ1v) is 9.01. The SMILES string of the molecule is CCOC(CC)C(=O)NCc1ccccc1CN1CCN(C)CC1. The first kappa shape index (κ1) is 18.9. The zero-order chi connectivity index (χ0) is 17.4. The number of nitrogens with one attached hydrogen (secondary N) is 1. The predicted molar refractivity (Wildman–Crippen MR) is 96.8 cm³/mol. The van der Waals surface area contributed by atoms with Gasteiger partial charge in [-0.15, -0.1) is 0 Å². The summed E-state index contributed by atoms with van der Waals surface area (Å²) in [6, 6.07) is 8.38. The Bertz CT molecular complexity index is 513. The summed E-state index contributed by atoms with van der Waals surface area (Å²) in [5.74, 6) is -0.0197. The maximum Gasteiger partial charge on any atom is 0.249 e. The first-order chi connectivity index (χ1) is 11.6. The molecule has 1 fully saturated rings. The summed E-state index contributed by atoms with van der Waals surface area (Å²) in [4.78, 5) is 17.1. The Morgan fingerprint density at radius 2 is 1.83 bits per heavy atom. The second kappa shape index (κ2) is 9.77. The van der Waals surface area contributed by atoms with Gasteiger partial charge in [0, 0.05) is 45.9 Å². The highest BCUT2D eigenvalue weighted by molar-refractivity contribution is 5.80. The van der Waals surface area contributed by atoms with Crippen molar-refractivity contribution in [1.29, 1.82) is 0 Å². The largest absolute Gasteiger partial charge is 0.369 e. The van der Waals surface area contributed by atoms with Gasteiger partial charge in [0.1, 0.15) is 6.10 Å². The lowest BCUT2D eigenvalue weighted by Gasteiger charge is -2.32. The summed E-state index contributed by atoms with van der Waals surface area (Å²) in [6.07, 6.45) is 0.350. The molecule has 1 atom stereocenters. The quantitative estimate of drug-likeness (QED) is 0.789. The Balaban J connectivity index is 1.92. The van der Waals surface area contributed by atoms with Crippen LogP contribution in [0.3, 0.4) is 0 Å². The molecule has 2 rings (SSSR count). The zero-order valence-electron chi connectivity index (χ0n) is 15.3. The molecular weight excluding hydrogens is 302 g/mol. The monoisotopic (exact) mass is 333 g/mol. The molecule has 1 unspecified atom stereocenters. The number of piperazine rings is 1. The molecule has 134 valence electrons. The van der Waals surface area contributed by atoms with Gasteiger partial charge in [-0.2, -0.15) is 0 Å². The molecule has 0 spiro atoms. The Kier molecular flexibility index (Phi) is 7.69. The van der Waals surface area contributed by atoms with Crippen molar-refractivity contribution in [3.05, 3.63) is 35.4 Å². The third kappa shape index (κ3) is 5.58. The fourth-order valence-electron chi connectivity index (χ4n) is 3.01. The van der Waals surface area contributed by atoms with Crippen molar-refractivity contribution in [3.8, 4) is 0 Å². The van der Waals surface area contributed by atoms with E-state index in [0.29, 0.717) is 19.6 Å². The molecule has 5 heteroatoms. The molecule has 0 saturated carbocycles. The number of benzene rings is 1. The van der Waals surface area contributed by atoms with Crippen LogP contribution in [-0.2, 0) is 22.6 Å². The van der Waals surface area contributed by atoms with Crippen molar-refractivity contribution in [2.45, 2.75) is 39.5 Å². The van der Waals surface area contributed by atoms with Crippen molar-refractivity contribution < 1.29 is 9.53 Å². The van der Waals surface area contributed by atoms with E-state index in [1.165, 1.54) is 11.1 Å². The summed E-state index contributed by atoms with van der Waals surface area (Å²) >= 11 is 0. The predicted octanol–water partition coefficient (Wildman–Crippen LogP) is 1.87. The molecule has 0 radical (unpaired) electrons. The van der Waals surface area contributed by atoms with Crippen molar-refractivity contribution >= 4 is 5.91 Å². The van der Waals surface area contributed by atoms with Crippen LogP contribution >= 0.6 is 0 Å². The van der Waals surface area contributed by atoms with E-state index in [4.69, 9.17) is 4.74 Å². The average molecular weight is 333 g/mol. The second-order valence-corrected chi connectivity index (χ2v) is 6.42. The van der Waals surface area contributed by atoms with E-state index in [9.17, 15) is 4.79 Å². The van der Waals surface area contributed by atoms with Crippen LogP contribution in [0.2, 0.25) is 0 Å². The van der Waals surface area contributed by atoms with Gasteiger partial charge in [0.15, 0.2) is 0 Å². The normalized spacial score (nSPS) is 17.6. The van der Waals surface area contributed by atoms with Gasteiger partial charge in [0.25, 0.3) is 0 Å². The fourth-order valence-corrected chi connectivity index (χ4v) is 3.01. The second-order valence-electron chi connectivity index (χ2n) is 6.42. The molecular formula is C19H31N3O2. The van der Waals surface area contributed by atoms with Gasteiger partial charge in [0.2, 0.25) is 5.91 Å². The molecule has 1 N–H and O–H groups in total. The lowest BCUT2D eigenvalue weighted by Crippen LogP contribution is -2.44. The van der Waals surface area contributed by atoms with Crippen LogP contribution in [0, 0.1) is 0 Å². The summed E-state index contributed by atoms with van der Waals surface area (Å²) in [7, 11) is 2.17. The highest BCUT2D eigenvalue weighted by Gasteiger charge is 2.18. The molecule has 0 bridgehead atoms. The van der Waals surface area contributed by atoms with E-state index in [1.807, 2.05) is 19.9 Å². The molecule has 1 heterocycles. The fraction of sp³-hybridized carbons (Fsp3) is 0.632. The molecule has 0 aliphatic carbocycles. The molecule has 1 aromatic rings. The highest BCUT2D eigenvalue weighted by Crippen LogP contribution is 2.13. The molecule has 1 aliphatic heterocycles. The van der Waals surface area contributed by atoms with Crippen molar-refractivity contribution in [1.82, 2.24) is 15.1 Å². The Labute approximate surface area is 146 Å². The van der Waals surface area contributed by atoms with E-state index in [2.05, 4.69) is 40.4 Å². The van der Waals surface area contributed by atoms with Crippen LogP contribution in [0.1, 0.15) is 31.4 Å². The molecule has 24 heavy (non-hydrogen) atoms. The van der Waals surface area contributed by atoms with E-state index < -0.39 is 0 Å². The number of nitrogens with zero attached hydrogens (tertiary/aromatic N) is 2. The Hall–Kier alpha value is -1.43. The number of likely N-dealkylation sites (N-methyl/N-ethyl adjacent to an activating group) is 1. The van der Waals surface area contributed by atoms with Gasteiger partial charge in [-0.1, -0.05) is 31.2 Å². The Morgan fingerprint density at radius 3 is 2.46 bits per heavy atom. The number of rotatable bonds is 8. The zero-order valence-corrected chi connectivity index (χ0v) is 15.3. The lowest BCUT2D eigenvalue weighted by molar-refractivity contribution is -0.132. The standard InChI is InChI=1S/C19H31N3O2/c1-4-18(24-5-2)19(23)20-14-16-8-6-7-9-17(16)15-22-12-10-21(3)11-13-22/h6-9,18H,4-5,10-15H2,1-3H3,(H,20,23). The molecule has 1 saturated heterocycles. The van der Waals surface area contributed by atoms with Gasteiger partial charge in [-0.25, -0.2) is 0 Å². The van der Waals surface area contributed by atoms with Crippen LogP contribution in [0.15, 0.2) is 24.3 Å². The maximum atomic E-state index is 12.2. The van der Waals surface area contributed by atoms with Crippen LogP contribution in [0.25, 0.3) is 0 Å². The van der Waals surface area contributed by atoms with Gasteiger partial charge >= 0.3 is 0 Å². The number of carbonyl (C=O) groups excluding carboxylic acids is 1. The van der Waals surface area contributed by atoms with Crippen LogP contribution in [0.4, 0.5) is 0 Å². The molecule has 1 amide bonds. The first-order valence-electron chi connectivity index (χ1n) is 9.01. The molecule has 1 aliphatic rings. The molecule has 1 aromatic carbocycles. The van der Waals surface area contributed by atoms with Crippen LogP contribution in [0.5, 0.6) is 0 Å². The number of hydrogen-bond acceptors (Lipinski definition) is 4. The maximum absolute atomic E-state index is 12.2. The summed E-state index contributed by atoms with van der Waals surface area (Å²) in [5, 5.41) is 3.03. The van der Waals surface area contributed by atoms with Crippen LogP contribution in [-0.4, -0.2) is 61.6 Å². The third-order valence-electron chi connectivity index (χ3n) is 4.59. The third-order valence-corrected chi connectivity index (χ3v) is 4.59.